The fourth-order valence-electron chi connectivity index (χ4n) is 5.79. The third kappa shape index (κ3) is 7.87. The number of nitrogens with zero attached hydrogens (tertiary/aromatic N) is 2. The molecule has 0 atom stereocenters. The molecule has 33 heteroatoms. The third-order valence-electron chi connectivity index (χ3n) is 8.90. The molecule has 2 N–H and O–H groups in total. The van der Waals surface area contributed by atoms with E-state index in [1.165, 1.54) is 0 Å². The smallest absolute Gasteiger partial charge is 0.355 e. The Bertz CT molecular complexity index is 2580. The first kappa shape index (κ1) is 52.9. The Morgan fingerprint density at radius 1 is 0.369 bits per heavy atom. The molecule has 0 aliphatic carbocycles. The molecule has 0 radical (unpaired) electrons. The summed E-state index contributed by atoms with van der Waals surface area (Å²) in [6.45, 7) is 0. The van der Waals surface area contributed by atoms with Gasteiger partial charge in [0.25, 0.3) is 0 Å². The van der Waals surface area contributed by atoms with Crippen molar-refractivity contribution in [1.82, 2.24) is 19.9 Å². The largest absolute Gasteiger partial charge is 0.460 e. The first-order valence-corrected chi connectivity index (χ1v) is 15.8. The van der Waals surface area contributed by atoms with Crippen molar-refractivity contribution in [2.45, 2.75) is 72.1 Å². The first-order chi connectivity index (χ1) is 28.3. The molecule has 364 valence electrons. The molecule has 2 aliphatic heterocycles. The Balaban J connectivity index is 0.00000925. The summed E-state index contributed by atoms with van der Waals surface area (Å²) in [5, 5.41) is 0. The standard InChI is InChI=1S/C32H10F28N4.Pd/c33-21(34,25(41,42)29(49,50)51)14-7-13-6-11-2-1-9(61-11)5-10-3-4-12(62-10)8-15-16(22(35,36)26(43,44)30(52,53)54)17(23(37,38)27(45,46)31(55,56)57)20(64-15)18(19(14)63-13)24(39,40)28(47,48)32(58,59)60;/h1-8,61,64H;. The molecule has 3 aromatic heterocycles. The van der Waals surface area contributed by atoms with Crippen LogP contribution in [0.4, 0.5) is 123 Å². The molecule has 0 unspecified atom stereocenters. The zero-order valence-corrected chi connectivity index (χ0v) is 31.0. The summed E-state index contributed by atoms with van der Waals surface area (Å²) in [4.78, 5) is 8.26. The van der Waals surface area contributed by atoms with Crippen LogP contribution in [-0.2, 0) is 38.2 Å². The zero-order chi connectivity index (χ0) is 49.4. The minimum Gasteiger partial charge on any atom is -0.355 e. The summed E-state index contributed by atoms with van der Waals surface area (Å²) in [5.74, 6) is -65.0. The maximum atomic E-state index is 16.2. The average molecular weight is 1090 g/mol. The maximum absolute atomic E-state index is 16.2. The van der Waals surface area contributed by atoms with Crippen LogP contribution in [0.1, 0.15) is 39.5 Å². The molecule has 8 bridgehead atoms. The summed E-state index contributed by atoms with van der Waals surface area (Å²) < 4.78 is 408. The Morgan fingerprint density at radius 2 is 0.723 bits per heavy atom. The second kappa shape index (κ2) is 15.2. The van der Waals surface area contributed by atoms with Crippen LogP contribution in [-0.4, -0.2) is 74.3 Å². The van der Waals surface area contributed by atoms with Crippen molar-refractivity contribution >= 4 is 45.9 Å². The fraction of sp³-hybridized carbons (Fsp3) is 0.375. The van der Waals surface area contributed by atoms with Crippen LogP contribution < -0.4 is 0 Å². The minimum absolute atomic E-state index is 0. The van der Waals surface area contributed by atoms with Crippen molar-refractivity contribution in [2.75, 3.05) is 0 Å². The predicted molar refractivity (Wildman–Crippen MR) is 158 cm³/mol. The van der Waals surface area contributed by atoms with Gasteiger partial charge in [0, 0.05) is 31.5 Å². The molecular weight excluding hydrogens is 1080 g/mol. The van der Waals surface area contributed by atoms with E-state index in [0.717, 1.165) is 12.1 Å². The third-order valence-corrected chi connectivity index (χ3v) is 8.90. The number of hydrogen-bond acceptors (Lipinski definition) is 2. The molecule has 3 aromatic rings. The molecule has 0 saturated heterocycles. The molecule has 0 saturated carbocycles. The van der Waals surface area contributed by atoms with Gasteiger partial charge in [0.15, 0.2) is 0 Å². The van der Waals surface area contributed by atoms with Gasteiger partial charge in [-0.25, -0.2) is 9.97 Å². The quantitative estimate of drug-likeness (QED) is 0.136. The number of hydrogen-bond donors (Lipinski definition) is 2. The fourth-order valence-corrected chi connectivity index (χ4v) is 5.79. The molecule has 2 aliphatic rings. The van der Waals surface area contributed by atoms with Crippen LogP contribution >= 0.6 is 0 Å². The van der Waals surface area contributed by atoms with Gasteiger partial charge in [-0.1, -0.05) is 0 Å². The summed E-state index contributed by atoms with van der Waals surface area (Å²) in [7, 11) is 0. The normalized spacial score (nSPS) is 15.6. The van der Waals surface area contributed by atoms with Gasteiger partial charge < -0.3 is 9.97 Å². The molecule has 5 rings (SSSR count). The summed E-state index contributed by atoms with van der Waals surface area (Å²) >= 11 is 0. The van der Waals surface area contributed by atoms with E-state index in [0.29, 0.717) is 18.2 Å². The van der Waals surface area contributed by atoms with Crippen LogP contribution in [0.2, 0.25) is 0 Å². The molecule has 0 spiro atoms. The van der Waals surface area contributed by atoms with Crippen LogP contribution in [0, 0.1) is 0 Å². The van der Waals surface area contributed by atoms with E-state index in [1.807, 2.05) is 0 Å². The number of alkyl halides is 28. The molecule has 0 fully saturated rings. The number of H-pyrrole nitrogens is 2. The molecule has 0 aromatic carbocycles. The Morgan fingerprint density at radius 3 is 1.14 bits per heavy atom. The maximum Gasteiger partial charge on any atom is 0.460 e. The summed E-state index contributed by atoms with van der Waals surface area (Å²) in [6, 6.07) is 1.55. The number of aromatic amines is 2. The van der Waals surface area contributed by atoms with Crippen molar-refractivity contribution in [3.8, 4) is 0 Å². The van der Waals surface area contributed by atoms with Gasteiger partial charge >= 0.3 is 72.1 Å². The first-order valence-electron chi connectivity index (χ1n) is 15.8. The van der Waals surface area contributed by atoms with Gasteiger partial charge in [0.2, 0.25) is 0 Å². The number of rotatable bonds is 8. The average Bonchev–Trinajstić information content (AvgIpc) is 3.90. The van der Waals surface area contributed by atoms with E-state index in [-0.39, 0.29) is 37.0 Å². The van der Waals surface area contributed by atoms with Crippen molar-refractivity contribution in [2.24, 2.45) is 0 Å². The monoisotopic (exact) mass is 1090 g/mol. The molecule has 65 heavy (non-hydrogen) atoms. The van der Waals surface area contributed by atoms with E-state index in [1.54, 1.807) is 0 Å². The van der Waals surface area contributed by atoms with Gasteiger partial charge in [-0.15, -0.1) is 0 Å². The van der Waals surface area contributed by atoms with Crippen LogP contribution in [0.15, 0.2) is 30.3 Å². The van der Waals surface area contributed by atoms with Crippen molar-refractivity contribution in [1.29, 1.82) is 0 Å². The predicted octanol–water partition coefficient (Wildman–Crippen LogP) is 13.7. The Hall–Kier alpha value is -4.70. The van der Waals surface area contributed by atoms with Crippen molar-refractivity contribution < 1.29 is 143 Å². The minimum atomic E-state index is -8.43. The van der Waals surface area contributed by atoms with Crippen LogP contribution in [0.3, 0.4) is 0 Å². The second-order valence-electron chi connectivity index (χ2n) is 13.2. The molecular formula is C32H10F28N4Pd. The molecule has 5 heterocycles. The van der Waals surface area contributed by atoms with Crippen molar-refractivity contribution in [3.63, 3.8) is 0 Å². The van der Waals surface area contributed by atoms with Crippen molar-refractivity contribution in [3.05, 3.63) is 69.8 Å². The number of fused-ring (bicyclic) bond motifs is 8. The number of halogens is 28. The Kier molecular flexibility index (Phi) is 12.3. The zero-order valence-electron chi connectivity index (χ0n) is 29.4. The van der Waals surface area contributed by atoms with E-state index < -0.39 is 146 Å². The topological polar surface area (TPSA) is 57.4 Å². The number of aromatic nitrogens is 4. The Labute approximate surface area is 351 Å². The van der Waals surface area contributed by atoms with Crippen LogP contribution in [0.5, 0.6) is 0 Å². The van der Waals surface area contributed by atoms with Gasteiger partial charge in [-0.05, 0) is 48.6 Å². The van der Waals surface area contributed by atoms with E-state index in [4.69, 9.17) is 0 Å². The van der Waals surface area contributed by atoms with E-state index in [2.05, 4.69) is 15.0 Å². The van der Waals surface area contributed by atoms with E-state index in [9.17, 15) is 87.8 Å². The SMILES string of the molecule is FC(F)(F)C(F)(F)C(F)(F)C1=Cc2cc3ccc(cc4nc(cc5[nH]c(c(C(F)(F)C(F)(F)C(F)(F)F)c1n2)c(C(F)(F)C(F)(F)C(F)(F)F)c5C(F)(F)C(F)(F)C(F)(F)F)C=C4)[nH]3.[Pd]. The van der Waals surface area contributed by atoms with Gasteiger partial charge in [-0.3, -0.25) is 0 Å². The summed E-state index contributed by atoms with van der Waals surface area (Å²) in [6.07, 6.45) is -32.1. The van der Waals surface area contributed by atoms with E-state index >= 15 is 35.1 Å². The van der Waals surface area contributed by atoms with Gasteiger partial charge in [-0.2, -0.15) is 123 Å². The van der Waals surface area contributed by atoms with Gasteiger partial charge in [0.05, 0.1) is 56.1 Å². The second-order valence-corrected chi connectivity index (χ2v) is 13.2. The molecule has 4 nitrogen and oxygen atoms in total. The van der Waals surface area contributed by atoms with Gasteiger partial charge in [0.1, 0.15) is 0 Å². The number of allylic oxidation sites excluding steroid dienone is 1. The summed E-state index contributed by atoms with van der Waals surface area (Å²) in [5.41, 5.74) is -34.6. The van der Waals surface area contributed by atoms with Crippen LogP contribution in [0.25, 0.3) is 45.9 Å². The molecule has 0 amide bonds. The number of nitrogens with one attached hydrogen (secondary N) is 2.